The number of nitrogen functional groups attached to an aromatic ring is 1. The fourth-order valence-electron chi connectivity index (χ4n) is 1.63. The molecule has 0 radical (unpaired) electrons. The molecule has 0 aromatic heterocycles. The smallest absolute Gasteiger partial charge is 0.406 e. The van der Waals surface area contributed by atoms with Crippen LogP contribution >= 0.6 is 11.6 Å². The van der Waals surface area contributed by atoms with Crippen molar-refractivity contribution in [3.05, 3.63) is 47.5 Å². The molecule has 2 aromatic carbocycles. The molecule has 100 valence electrons. The molecule has 0 unspecified atom stereocenters. The third kappa shape index (κ3) is 3.54. The van der Waals surface area contributed by atoms with Crippen molar-refractivity contribution in [1.29, 1.82) is 0 Å². The number of ether oxygens (including phenoxy) is 1. The third-order valence-corrected chi connectivity index (χ3v) is 2.66. The quantitative estimate of drug-likeness (QED) is 0.826. The fourth-order valence-corrected chi connectivity index (χ4v) is 1.76. The lowest BCUT2D eigenvalue weighted by atomic mass is 10.0. The van der Waals surface area contributed by atoms with E-state index in [1.54, 1.807) is 24.3 Å². The highest BCUT2D eigenvalue weighted by molar-refractivity contribution is 6.30. The Labute approximate surface area is 112 Å². The first-order chi connectivity index (χ1) is 8.85. The molecule has 2 rings (SSSR count). The van der Waals surface area contributed by atoms with E-state index in [1.807, 2.05) is 0 Å². The minimum atomic E-state index is -4.73. The second-order valence-corrected chi connectivity index (χ2v) is 4.24. The normalized spacial score (nSPS) is 11.4. The van der Waals surface area contributed by atoms with Gasteiger partial charge in [0.25, 0.3) is 0 Å². The molecule has 0 aliphatic rings. The first-order valence-electron chi connectivity index (χ1n) is 5.26. The molecule has 0 heterocycles. The van der Waals surface area contributed by atoms with E-state index < -0.39 is 6.36 Å². The summed E-state index contributed by atoms with van der Waals surface area (Å²) >= 11 is 5.76. The Morgan fingerprint density at radius 1 is 1.00 bits per heavy atom. The average molecular weight is 288 g/mol. The minimum Gasteiger partial charge on any atom is -0.406 e. The largest absolute Gasteiger partial charge is 0.573 e. The van der Waals surface area contributed by atoms with Crippen molar-refractivity contribution in [2.24, 2.45) is 0 Å². The molecular formula is C13H9ClF3NO. The van der Waals surface area contributed by atoms with Gasteiger partial charge >= 0.3 is 6.36 Å². The van der Waals surface area contributed by atoms with Gasteiger partial charge < -0.3 is 10.5 Å². The van der Waals surface area contributed by atoms with Gasteiger partial charge in [0.2, 0.25) is 0 Å². The summed E-state index contributed by atoms with van der Waals surface area (Å²) in [4.78, 5) is 0. The lowest BCUT2D eigenvalue weighted by molar-refractivity contribution is -0.274. The SMILES string of the molecule is Nc1cc(OC(F)(F)F)ccc1-c1ccc(Cl)cc1. The van der Waals surface area contributed by atoms with Crippen LogP contribution in [0.25, 0.3) is 11.1 Å². The number of nitrogens with two attached hydrogens (primary N) is 1. The second kappa shape index (κ2) is 5.01. The standard InChI is InChI=1S/C13H9ClF3NO/c14-9-3-1-8(2-4-9)11-6-5-10(7-12(11)18)19-13(15,16)17/h1-7H,18H2. The third-order valence-electron chi connectivity index (χ3n) is 2.41. The highest BCUT2D eigenvalue weighted by Crippen LogP contribution is 2.32. The zero-order valence-corrected chi connectivity index (χ0v) is 10.3. The second-order valence-electron chi connectivity index (χ2n) is 3.80. The van der Waals surface area contributed by atoms with E-state index in [0.717, 1.165) is 11.6 Å². The Morgan fingerprint density at radius 3 is 2.16 bits per heavy atom. The van der Waals surface area contributed by atoms with Crippen LogP contribution in [0.3, 0.4) is 0 Å². The molecule has 0 fully saturated rings. The summed E-state index contributed by atoms with van der Waals surface area (Å²) in [6, 6.07) is 10.6. The van der Waals surface area contributed by atoms with Gasteiger partial charge in [0.1, 0.15) is 5.75 Å². The molecule has 2 aromatic rings. The van der Waals surface area contributed by atoms with Gasteiger partial charge in [0, 0.05) is 22.3 Å². The Hall–Kier alpha value is -1.88. The van der Waals surface area contributed by atoms with Crippen LogP contribution in [0.15, 0.2) is 42.5 Å². The van der Waals surface area contributed by atoms with Gasteiger partial charge in [-0.2, -0.15) is 0 Å². The monoisotopic (exact) mass is 287 g/mol. The number of halogens is 4. The molecular weight excluding hydrogens is 279 g/mol. The molecule has 19 heavy (non-hydrogen) atoms. The van der Waals surface area contributed by atoms with Crippen molar-refractivity contribution in [1.82, 2.24) is 0 Å². The molecule has 0 saturated heterocycles. The Kier molecular flexibility index (Phi) is 3.57. The maximum Gasteiger partial charge on any atom is 0.573 e. The highest BCUT2D eigenvalue weighted by Gasteiger charge is 2.31. The van der Waals surface area contributed by atoms with Crippen LogP contribution in [0.2, 0.25) is 5.02 Å². The maximum atomic E-state index is 12.1. The van der Waals surface area contributed by atoms with Crippen LogP contribution < -0.4 is 10.5 Å². The molecule has 2 nitrogen and oxygen atoms in total. The summed E-state index contributed by atoms with van der Waals surface area (Å²) in [5, 5.41) is 0.569. The van der Waals surface area contributed by atoms with Crippen LogP contribution in [0.4, 0.5) is 18.9 Å². The summed E-state index contributed by atoms with van der Waals surface area (Å²) in [6.07, 6.45) is -4.73. The van der Waals surface area contributed by atoms with Gasteiger partial charge in [-0.15, -0.1) is 13.2 Å². The van der Waals surface area contributed by atoms with E-state index in [4.69, 9.17) is 17.3 Å². The average Bonchev–Trinajstić information content (AvgIpc) is 2.29. The molecule has 6 heteroatoms. The highest BCUT2D eigenvalue weighted by atomic mass is 35.5. The molecule has 0 aliphatic heterocycles. The van der Waals surface area contributed by atoms with E-state index in [0.29, 0.717) is 10.6 Å². The Morgan fingerprint density at radius 2 is 1.63 bits per heavy atom. The van der Waals surface area contributed by atoms with E-state index in [9.17, 15) is 13.2 Å². The first kappa shape index (κ1) is 13.5. The molecule has 0 bridgehead atoms. The first-order valence-corrected chi connectivity index (χ1v) is 5.64. The van der Waals surface area contributed by atoms with Crippen molar-refractivity contribution in [3.63, 3.8) is 0 Å². The van der Waals surface area contributed by atoms with Gasteiger partial charge in [-0.3, -0.25) is 0 Å². The number of benzene rings is 2. The van der Waals surface area contributed by atoms with Crippen LogP contribution in [-0.2, 0) is 0 Å². The molecule has 0 saturated carbocycles. The predicted molar refractivity (Wildman–Crippen MR) is 68.0 cm³/mol. The van der Waals surface area contributed by atoms with Gasteiger partial charge in [0.05, 0.1) is 0 Å². The topological polar surface area (TPSA) is 35.2 Å². The number of rotatable bonds is 2. The van der Waals surface area contributed by atoms with Crippen LogP contribution in [-0.4, -0.2) is 6.36 Å². The zero-order valence-electron chi connectivity index (χ0n) is 9.54. The maximum absolute atomic E-state index is 12.1. The van der Waals surface area contributed by atoms with Gasteiger partial charge in [-0.25, -0.2) is 0 Å². The van der Waals surface area contributed by atoms with Crippen molar-refractivity contribution in [3.8, 4) is 16.9 Å². The van der Waals surface area contributed by atoms with E-state index in [-0.39, 0.29) is 11.4 Å². The Balaban J connectivity index is 2.31. The van der Waals surface area contributed by atoms with Gasteiger partial charge in [-0.05, 0) is 29.8 Å². The predicted octanol–water partition coefficient (Wildman–Crippen LogP) is 4.49. The van der Waals surface area contributed by atoms with E-state index in [2.05, 4.69) is 4.74 Å². The van der Waals surface area contributed by atoms with Crippen LogP contribution in [0, 0.1) is 0 Å². The van der Waals surface area contributed by atoms with Crippen molar-refractivity contribution in [2.75, 3.05) is 5.73 Å². The molecule has 0 spiro atoms. The molecule has 0 aliphatic carbocycles. The lowest BCUT2D eigenvalue weighted by Gasteiger charge is -2.11. The van der Waals surface area contributed by atoms with Crippen molar-refractivity contribution >= 4 is 17.3 Å². The van der Waals surface area contributed by atoms with E-state index in [1.165, 1.54) is 12.1 Å². The van der Waals surface area contributed by atoms with Crippen LogP contribution in [0.1, 0.15) is 0 Å². The molecule has 0 amide bonds. The number of anilines is 1. The summed E-state index contributed by atoms with van der Waals surface area (Å²) < 4.78 is 40.0. The summed E-state index contributed by atoms with van der Waals surface area (Å²) in [6.45, 7) is 0. The summed E-state index contributed by atoms with van der Waals surface area (Å²) in [7, 11) is 0. The summed E-state index contributed by atoms with van der Waals surface area (Å²) in [5.74, 6) is -0.345. The fraction of sp³-hybridized carbons (Fsp3) is 0.0769. The number of hydrogen-bond donors (Lipinski definition) is 1. The minimum absolute atomic E-state index is 0.198. The summed E-state index contributed by atoms with van der Waals surface area (Å²) in [5.41, 5.74) is 7.31. The van der Waals surface area contributed by atoms with Crippen molar-refractivity contribution in [2.45, 2.75) is 6.36 Å². The zero-order chi connectivity index (χ0) is 14.0. The van der Waals surface area contributed by atoms with Gasteiger partial charge in [-0.1, -0.05) is 23.7 Å². The molecule has 0 atom stereocenters. The van der Waals surface area contributed by atoms with E-state index >= 15 is 0 Å². The van der Waals surface area contributed by atoms with Gasteiger partial charge in [0.15, 0.2) is 0 Å². The lowest BCUT2D eigenvalue weighted by Crippen LogP contribution is -2.17. The Bertz CT molecular complexity index is 581. The van der Waals surface area contributed by atoms with Crippen LogP contribution in [0.5, 0.6) is 5.75 Å². The molecule has 2 N–H and O–H groups in total. The number of alkyl halides is 3. The van der Waals surface area contributed by atoms with Crippen molar-refractivity contribution < 1.29 is 17.9 Å². The number of hydrogen-bond acceptors (Lipinski definition) is 2.